The first-order valence-electron chi connectivity index (χ1n) is 5.84. The van der Waals surface area contributed by atoms with Crippen LogP contribution in [0.3, 0.4) is 0 Å². The number of nitrogens with zero attached hydrogens (tertiary/aromatic N) is 1. The van der Waals surface area contributed by atoms with Gasteiger partial charge in [0.05, 0.1) is 17.6 Å². The number of nitrogens with one attached hydrogen (secondary N) is 1. The van der Waals surface area contributed by atoms with Gasteiger partial charge in [-0.1, -0.05) is 18.2 Å². The Balaban J connectivity index is 1.92. The average molecular weight is 273 g/mol. The van der Waals surface area contributed by atoms with E-state index in [-0.39, 0.29) is 5.91 Å². The molecule has 0 aliphatic carbocycles. The number of rotatable bonds is 4. The van der Waals surface area contributed by atoms with Gasteiger partial charge in [-0.2, -0.15) is 0 Å². The van der Waals surface area contributed by atoms with Crippen molar-refractivity contribution in [3.05, 3.63) is 48.3 Å². The molecular weight excluding hydrogens is 258 g/mol. The molecule has 19 heavy (non-hydrogen) atoms. The molecule has 0 unspecified atom stereocenters. The maximum absolute atomic E-state index is 11.9. The second-order valence-electron chi connectivity index (χ2n) is 4.07. The Kier molecular flexibility index (Phi) is 4.41. The summed E-state index contributed by atoms with van der Waals surface area (Å²) in [6, 6.07) is 9.50. The van der Waals surface area contributed by atoms with E-state index in [2.05, 4.69) is 10.3 Å². The second kappa shape index (κ2) is 6.24. The highest BCUT2D eigenvalue weighted by atomic mass is 32.2. The van der Waals surface area contributed by atoms with Crippen molar-refractivity contribution in [1.29, 1.82) is 0 Å². The monoisotopic (exact) mass is 273 g/mol. The molecule has 0 aliphatic heterocycles. The van der Waals surface area contributed by atoms with E-state index in [1.807, 2.05) is 31.2 Å². The Morgan fingerprint density at radius 3 is 2.89 bits per heavy atom. The molecule has 0 saturated carbocycles. The molecule has 0 spiro atoms. The van der Waals surface area contributed by atoms with Crippen LogP contribution in [0.1, 0.15) is 5.56 Å². The number of carbonyl (C=O) groups is 1. The summed E-state index contributed by atoms with van der Waals surface area (Å²) in [4.78, 5) is 16.6. The van der Waals surface area contributed by atoms with Gasteiger partial charge in [0, 0.05) is 16.8 Å². The molecule has 1 aromatic heterocycles. The number of amides is 1. The van der Waals surface area contributed by atoms with Crippen molar-refractivity contribution in [2.75, 3.05) is 16.8 Å². The van der Waals surface area contributed by atoms with E-state index >= 15 is 0 Å². The van der Waals surface area contributed by atoms with Gasteiger partial charge in [0.25, 0.3) is 0 Å². The van der Waals surface area contributed by atoms with Crippen molar-refractivity contribution in [3.8, 4) is 0 Å². The van der Waals surface area contributed by atoms with E-state index in [0.29, 0.717) is 11.4 Å². The van der Waals surface area contributed by atoms with Crippen LogP contribution in [0.4, 0.5) is 11.4 Å². The van der Waals surface area contributed by atoms with Gasteiger partial charge in [-0.3, -0.25) is 9.78 Å². The van der Waals surface area contributed by atoms with Crippen LogP contribution >= 0.6 is 11.8 Å². The standard InChI is InChI=1S/C14H15N3OS/c1-10-4-2-3-5-12(10)17-14(18)9-19-13-6-7-16-8-11(13)15/h2-8H,9,15H2,1H3,(H,17,18). The fourth-order valence-corrected chi connectivity index (χ4v) is 2.30. The van der Waals surface area contributed by atoms with Crippen molar-refractivity contribution >= 4 is 29.0 Å². The predicted molar refractivity (Wildman–Crippen MR) is 79.2 cm³/mol. The minimum absolute atomic E-state index is 0.0458. The Labute approximate surface area is 116 Å². The molecule has 0 saturated heterocycles. The molecule has 1 heterocycles. The van der Waals surface area contributed by atoms with Gasteiger partial charge in [0.2, 0.25) is 5.91 Å². The lowest BCUT2D eigenvalue weighted by Crippen LogP contribution is -2.14. The largest absolute Gasteiger partial charge is 0.397 e. The van der Waals surface area contributed by atoms with Gasteiger partial charge in [-0.05, 0) is 24.6 Å². The number of thioether (sulfide) groups is 1. The minimum atomic E-state index is -0.0458. The average Bonchev–Trinajstić information content (AvgIpc) is 2.40. The zero-order valence-corrected chi connectivity index (χ0v) is 11.4. The summed E-state index contributed by atoms with van der Waals surface area (Å²) in [6.07, 6.45) is 3.25. The summed E-state index contributed by atoms with van der Waals surface area (Å²) in [5.41, 5.74) is 8.25. The quantitative estimate of drug-likeness (QED) is 0.840. The molecule has 0 radical (unpaired) electrons. The normalized spacial score (nSPS) is 10.2. The molecular formula is C14H15N3OS. The van der Waals surface area contributed by atoms with Crippen LogP contribution in [-0.2, 0) is 4.79 Å². The van der Waals surface area contributed by atoms with E-state index < -0.39 is 0 Å². The summed E-state index contributed by atoms with van der Waals surface area (Å²) < 4.78 is 0. The highest BCUT2D eigenvalue weighted by Crippen LogP contribution is 2.23. The SMILES string of the molecule is Cc1ccccc1NC(=O)CSc1ccncc1N. The van der Waals surface area contributed by atoms with Gasteiger partial charge < -0.3 is 11.1 Å². The lowest BCUT2D eigenvalue weighted by Gasteiger charge is -2.08. The zero-order valence-electron chi connectivity index (χ0n) is 10.6. The first-order chi connectivity index (χ1) is 9.16. The van der Waals surface area contributed by atoms with Crippen molar-refractivity contribution in [1.82, 2.24) is 4.98 Å². The fraction of sp³-hybridized carbons (Fsp3) is 0.143. The Bertz CT molecular complexity index is 586. The summed E-state index contributed by atoms with van der Waals surface area (Å²) in [5, 5.41) is 2.88. The van der Waals surface area contributed by atoms with E-state index in [4.69, 9.17) is 5.73 Å². The number of nitrogen functional groups attached to an aromatic ring is 1. The molecule has 1 aromatic carbocycles. The zero-order chi connectivity index (χ0) is 13.7. The molecule has 0 bridgehead atoms. The van der Waals surface area contributed by atoms with Crippen molar-refractivity contribution in [3.63, 3.8) is 0 Å². The summed E-state index contributed by atoms with van der Waals surface area (Å²) in [6.45, 7) is 1.96. The number of pyridine rings is 1. The topological polar surface area (TPSA) is 68.0 Å². The lowest BCUT2D eigenvalue weighted by atomic mass is 10.2. The van der Waals surface area contributed by atoms with Crippen LogP contribution in [0, 0.1) is 6.92 Å². The number of para-hydroxylation sites is 1. The van der Waals surface area contributed by atoms with Crippen LogP contribution < -0.4 is 11.1 Å². The van der Waals surface area contributed by atoms with Gasteiger partial charge in [-0.25, -0.2) is 0 Å². The van der Waals surface area contributed by atoms with Gasteiger partial charge in [0.1, 0.15) is 0 Å². The fourth-order valence-electron chi connectivity index (χ4n) is 1.57. The predicted octanol–water partition coefficient (Wildman–Crippen LogP) is 2.70. The van der Waals surface area contributed by atoms with E-state index in [0.717, 1.165) is 16.1 Å². The third-order valence-corrected chi connectivity index (χ3v) is 3.68. The van der Waals surface area contributed by atoms with Gasteiger partial charge in [-0.15, -0.1) is 11.8 Å². The molecule has 3 N–H and O–H groups in total. The van der Waals surface area contributed by atoms with Crippen LogP contribution in [0.2, 0.25) is 0 Å². The minimum Gasteiger partial charge on any atom is -0.397 e. The molecule has 2 aromatic rings. The number of benzene rings is 1. The number of nitrogens with two attached hydrogens (primary N) is 1. The number of anilines is 2. The van der Waals surface area contributed by atoms with E-state index in [1.54, 1.807) is 18.5 Å². The molecule has 1 amide bonds. The number of carbonyl (C=O) groups excluding carboxylic acids is 1. The van der Waals surface area contributed by atoms with E-state index in [9.17, 15) is 4.79 Å². The number of hydrogen-bond donors (Lipinski definition) is 2. The summed E-state index contributed by atoms with van der Waals surface area (Å²) in [5.74, 6) is 0.276. The molecule has 5 heteroatoms. The molecule has 0 aliphatic rings. The smallest absolute Gasteiger partial charge is 0.234 e. The third kappa shape index (κ3) is 3.72. The van der Waals surface area contributed by atoms with Gasteiger partial charge >= 0.3 is 0 Å². The Morgan fingerprint density at radius 1 is 1.37 bits per heavy atom. The third-order valence-electron chi connectivity index (χ3n) is 2.59. The highest BCUT2D eigenvalue weighted by Gasteiger charge is 2.06. The maximum Gasteiger partial charge on any atom is 0.234 e. The van der Waals surface area contributed by atoms with Crippen LogP contribution in [-0.4, -0.2) is 16.6 Å². The van der Waals surface area contributed by atoms with E-state index in [1.165, 1.54) is 11.8 Å². The molecule has 0 fully saturated rings. The first kappa shape index (κ1) is 13.4. The van der Waals surface area contributed by atoms with Crippen LogP contribution in [0.15, 0.2) is 47.6 Å². The molecule has 0 atom stereocenters. The number of aryl methyl sites for hydroxylation is 1. The first-order valence-corrected chi connectivity index (χ1v) is 6.83. The van der Waals surface area contributed by atoms with Crippen LogP contribution in [0.25, 0.3) is 0 Å². The second-order valence-corrected chi connectivity index (χ2v) is 5.08. The molecule has 98 valence electrons. The Morgan fingerprint density at radius 2 is 2.16 bits per heavy atom. The summed E-state index contributed by atoms with van der Waals surface area (Å²) in [7, 11) is 0. The van der Waals surface area contributed by atoms with Gasteiger partial charge in [0.15, 0.2) is 0 Å². The molecule has 2 rings (SSSR count). The molecule has 4 nitrogen and oxygen atoms in total. The highest BCUT2D eigenvalue weighted by molar-refractivity contribution is 8.00. The van der Waals surface area contributed by atoms with Crippen molar-refractivity contribution < 1.29 is 4.79 Å². The van der Waals surface area contributed by atoms with Crippen LogP contribution in [0.5, 0.6) is 0 Å². The summed E-state index contributed by atoms with van der Waals surface area (Å²) >= 11 is 1.40. The maximum atomic E-state index is 11.9. The Hall–Kier alpha value is -2.01. The van der Waals surface area contributed by atoms with Crippen molar-refractivity contribution in [2.45, 2.75) is 11.8 Å². The number of hydrogen-bond acceptors (Lipinski definition) is 4. The lowest BCUT2D eigenvalue weighted by molar-refractivity contribution is -0.113. The number of aromatic nitrogens is 1. The van der Waals surface area contributed by atoms with Crippen molar-refractivity contribution in [2.24, 2.45) is 0 Å².